The Hall–Kier alpha value is -1.02. The molecule has 0 bridgehead atoms. The summed E-state index contributed by atoms with van der Waals surface area (Å²) in [5, 5.41) is 54.4. The molecule has 0 aromatic rings. The second-order valence-corrected chi connectivity index (χ2v) is 5.17. The second kappa shape index (κ2) is 17.1. The largest absolute Gasteiger partial charge is 2.00 e. The van der Waals surface area contributed by atoms with Crippen LogP contribution in [0.1, 0.15) is 26.7 Å². The van der Waals surface area contributed by atoms with Gasteiger partial charge in [0.1, 0.15) is 0 Å². The molecule has 0 fully saturated rings. The Morgan fingerprint density at radius 2 is 1.04 bits per heavy atom. The molecule has 0 aliphatic heterocycles. The van der Waals surface area contributed by atoms with E-state index in [0.29, 0.717) is 0 Å². The Morgan fingerprint density at radius 1 is 0.778 bits per heavy atom. The van der Waals surface area contributed by atoms with Crippen LogP contribution in [0.2, 0.25) is 0 Å². The van der Waals surface area contributed by atoms with Crippen LogP contribution < -0.4 is 10.2 Å². The van der Waals surface area contributed by atoms with Gasteiger partial charge in [-0.2, -0.15) is 0 Å². The molecule has 0 aromatic carbocycles. The van der Waals surface area contributed by atoms with Gasteiger partial charge in [-0.05, 0) is 13.8 Å². The van der Waals surface area contributed by atoms with E-state index in [1.807, 2.05) is 0 Å². The van der Waals surface area contributed by atoms with E-state index < -0.39 is 61.1 Å². The maximum absolute atomic E-state index is 10.3. The van der Waals surface area contributed by atoms with Crippen LogP contribution in [0, 0.1) is 0 Å². The Labute approximate surface area is 184 Å². The predicted octanol–water partition coefficient (Wildman–Crippen LogP) is -4.43. The van der Waals surface area contributed by atoms with E-state index in [0.717, 1.165) is 0 Å². The molecular formula is C14H22CaO12. The van der Waals surface area contributed by atoms with Gasteiger partial charge in [-0.3, -0.25) is 0 Å². The standard InChI is InChI=1S/2C7H12O6.Ca/c2*1-4(8)3-13-5(7(11)12)2-6(9)10;/h2*4-5,8H,2-3H2,1H3,(H,9,10)(H,11,12);/q;;+2/p-2. The van der Waals surface area contributed by atoms with Gasteiger partial charge in [0.15, 0.2) is 12.2 Å². The van der Waals surface area contributed by atoms with E-state index in [-0.39, 0.29) is 51.0 Å². The van der Waals surface area contributed by atoms with E-state index >= 15 is 0 Å². The van der Waals surface area contributed by atoms with Crippen molar-refractivity contribution in [2.75, 3.05) is 13.2 Å². The third-order valence-electron chi connectivity index (χ3n) is 2.33. The zero-order chi connectivity index (χ0) is 20.9. The Bertz CT molecular complexity index is 423. The number of hydrogen-bond donors (Lipinski definition) is 4. The number of ether oxygens (including phenoxy) is 2. The van der Waals surface area contributed by atoms with E-state index in [9.17, 15) is 29.4 Å². The molecule has 0 heterocycles. The van der Waals surface area contributed by atoms with Crippen molar-refractivity contribution < 1.29 is 59.3 Å². The topological polar surface area (TPSA) is 214 Å². The molecule has 0 saturated heterocycles. The van der Waals surface area contributed by atoms with E-state index in [4.69, 9.17) is 20.4 Å². The molecule has 27 heavy (non-hydrogen) atoms. The first-order valence-electron chi connectivity index (χ1n) is 7.31. The molecule has 4 N–H and O–H groups in total. The average Bonchev–Trinajstić information content (AvgIpc) is 2.46. The maximum atomic E-state index is 10.3. The molecular weight excluding hydrogens is 400 g/mol. The van der Waals surface area contributed by atoms with E-state index in [1.54, 1.807) is 0 Å². The van der Waals surface area contributed by atoms with Crippen LogP contribution in [0.25, 0.3) is 0 Å². The molecule has 0 radical (unpaired) electrons. The molecule has 0 saturated carbocycles. The van der Waals surface area contributed by atoms with Crippen molar-refractivity contribution in [1.82, 2.24) is 0 Å². The fraction of sp³-hybridized carbons (Fsp3) is 0.714. The predicted molar refractivity (Wildman–Crippen MR) is 83.1 cm³/mol. The first kappa shape index (κ1) is 30.7. The van der Waals surface area contributed by atoms with E-state index in [2.05, 4.69) is 9.47 Å². The summed E-state index contributed by atoms with van der Waals surface area (Å²) in [7, 11) is 0. The summed E-state index contributed by atoms with van der Waals surface area (Å²) in [4.78, 5) is 40.8. The van der Waals surface area contributed by atoms with Crippen molar-refractivity contribution in [2.24, 2.45) is 0 Å². The fourth-order valence-corrected chi connectivity index (χ4v) is 1.25. The van der Waals surface area contributed by atoms with Crippen LogP contribution in [-0.2, 0) is 28.7 Å². The number of rotatable bonds is 12. The van der Waals surface area contributed by atoms with Crippen LogP contribution in [0.5, 0.6) is 0 Å². The van der Waals surface area contributed by atoms with Crippen LogP contribution in [0.3, 0.4) is 0 Å². The minimum atomic E-state index is -1.50. The van der Waals surface area contributed by atoms with Gasteiger partial charge in [0.2, 0.25) is 0 Å². The SMILES string of the molecule is CC(O)COC(CC(=O)[O-])C(=O)O.CC(O)COC(CC(=O)[O-])C(=O)O.[Ca+2]. The third-order valence-corrected chi connectivity index (χ3v) is 2.33. The van der Waals surface area contributed by atoms with Crippen molar-refractivity contribution in [1.29, 1.82) is 0 Å². The summed E-state index contributed by atoms with van der Waals surface area (Å²) in [6, 6.07) is 0. The summed E-state index contributed by atoms with van der Waals surface area (Å²) in [6.07, 6.45) is -6.02. The molecule has 4 unspecified atom stereocenters. The molecule has 0 aromatic heterocycles. The molecule has 0 spiro atoms. The van der Waals surface area contributed by atoms with Crippen molar-refractivity contribution in [3.05, 3.63) is 0 Å². The van der Waals surface area contributed by atoms with Crippen LogP contribution in [-0.4, -0.2) is 120 Å². The Morgan fingerprint density at radius 3 is 1.19 bits per heavy atom. The smallest absolute Gasteiger partial charge is 0.550 e. The van der Waals surface area contributed by atoms with Gasteiger partial charge in [-0.1, -0.05) is 0 Å². The second-order valence-electron chi connectivity index (χ2n) is 5.17. The Balaban J connectivity index is -0.000000411. The first-order chi connectivity index (χ1) is 11.9. The molecule has 0 aliphatic carbocycles. The van der Waals surface area contributed by atoms with Crippen LogP contribution >= 0.6 is 0 Å². The number of carboxylic acid groups (broad SMARTS) is 4. The molecule has 12 nitrogen and oxygen atoms in total. The van der Waals surface area contributed by atoms with Gasteiger partial charge >= 0.3 is 49.7 Å². The zero-order valence-electron chi connectivity index (χ0n) is 14.9. The number of carbonyl (C=O) groups is 4. The van der Waals surface area contributed by atoms with Gasteiger partial charge in [-0.15, -0.1) is 0 Å². The summed E-state index contributed by atoms with van der Waals surface area (Å²) < 4.78 is 9.21. The van der Waals surface area contributed by atoms with Gasteiger partial charge in [0.05, 0.1) is 25.4 Å². The maximum Gasteiger partial charge on any atom is 2.00 e. The molecule has 0 aliphatic rings. The van der Waals surface area contributed by atoms with Crippen molar-refractivity contribution >= 4 is 61.6 Å². The summed E-state index contributed by atoms with van der Waals surface area (Å²) in [5.41, 5.74) is 0. The summed E-state index contributed by atoms with van der Waals surface area (Å²) >= 11 is 0. The number of aliphatic hydroxyl groups excluding tert-OH is 2. The number of carbonyl (C=O) groups excluding carboxylic acids is 2. The van der Waals surface area contributed by atoms with Crippen LogP contribution in [0.4, 0.5) is 0 Å². The average molecular weight is 422 g/mol. The number of carboxylic acids is 4. The zero-order valence-corrected chi connectivity index (χ0v) is 17.1. The van der Waals surface area contributed by atoms with Gasteiger partial charge < -0.3 is 49.7 Å². The van der Waals surface area contributed by atoms with Crippen molar-refractivity contribution in [2.45, 2.75) is 51.1 Å². The quantitative estimate of drug-likeness (QED) is 0.219. The monoisotopic (exact) mass is 422 g/mol. The minimum Gasteiger partial charge on any atom is -0.550 e. The normalized spacial score (nSPS) is 14.4. The van der Waals surface area contributed by atoms with Crippen molar-refractivity contribution in [3.63, 3.8) is 0 Å². The third kappa shape index (κ3) is 21.1. The molecule has 0 rings (SSSR count). The first-order valence-corrected chi connectivity index (χ1v) is 7.31. The van der Waals surface area contributed by atoms with E-state index in [1.165, 1.54) is 13.8 Å². The van der Waals surface area contributed by atoms with Crippen molar-refractivity contribution in [3.8, 4) is 0 Å². The van der Waals surface area contributed by atoms with Gasteiger partial charge in [0.25, 0.3) is 0 Å². The molecule has 0 amide bonds. The summed E-state index contributed by atoms with van der Waals surface area (Å²) in [6.45, 7) is 2.37. The summed E-state index contributed by atoms with van der Waals surface area (Å²) in [5.74, 6) is -5.77. The molecule has 13 heteroatoms. The fourth-order valence-electron chi connectivity index (χ4n) is 1.25. The van der Waals surface area contributed by atoms with Gasteiger partial charge in [-0.25, -0.2) is 9.59 Å². The van der Waals surface area contributed by atoms with Gasteiger partial charge in [0, 0.05) is 24.8 Å². The number of aliphatic hydroxyl groups is 2. The number of hydrogen-bond acceptors (Lipinski definition) is 10. The molecule has 152 valence electrons. The Kier molecular flexibility index (Phi) is 19.4. The minimum absolute atomic E-state index is 0. The number of aliphatic carboxylic acids is 4. The molecule has 4 atom stereocenters. The van der Waals surface area contributed by atoms with Crippen LogP contribution in [0.15, 0.2) is 0 Å².